The fraction of sp³-hybridized carbons (Fsp3) is 0.500. The van der Waals surface area contributed by atoms with Gasteiger partial charge in [0.1, 0.15) is 0 Å². The van der Waals surface area contributed by atoms with E-state index in [1.54, 1.807) is 12.1 Å². The molecule has 1 aliphatic rings. The van der Waals surface area contributed by atoms with Crippen LogP contribution in [0.15, 0.2) is 29.2 Å². The predicted octanol–water partition coefficient (Wildman–Crippen LogP) is 2.26. The minimum atomic E-state index is -0.191. The molecule has 2 atom stereocenters. The van der Waals surface area contributed by atoms with Crippen LogP contribution >= 0.6 is 12.6 Å². The fourth-order valence-corrected chi connectivity index (χ4v) is 2.55. The van der Waals surface area contributed by atoms with E-state index < -0.39 is 0 Å². The Bertz CT molecular complexity index is 405. The van der Waals surface area contributed by atoms with Crippen molar-refractivity contribution in [3.63, 3.8) is 0 Å². The lowest BCUT2D eigenvalue weighted by molar-refractivity contribution is 0.0874. The zero-order valence-corrected chi connectivity index (χ0v) is 11.2. The summed E-state index contributed by atoms with van der Waals surface area (Å²) in [7, 11) is 0. The van der Waals surface area contributed by atoms with Gasteiger partial charge in [-0.25, -0.2) is 0 Å². The highest BCUT2D eigenvalue weighted by molar-refractivity contribution is 7.80. The van der Waals surface area contributed by atoms with Crippen LogP contribution in [0.2, 0.25) is 0 Å². The molecule has 1 aromatic rings. The van der Waals surface area contributed by atoms with E-state index in [4.69, 9.17) is 0 Å². The van der Waals surface area contributed by atoms with Crippen molar-refractivity contribution in [1.29, 1.82) is 0 Å². The molecule has 2 N–H and O–H groups in total. The van der Waals surface area contributed by atoms with Crippen molar-refractivity contribution in [2.24, 2.45) is 5.92 Å². The first-order chi connectivity index (χ1) is 8.65. The third kappa shape index (κ3) is 3.75. The Kier molecular flexibility index (Phi) is 4.66. The zero-order valence-electron chi connectivity index (χ0n) is 10.3. The molecule has 1 aromatic carbocycles. The van der Waals surface area contributed by atoms with Crippen molar-refractivity contribution in [3.8, 4) is 0 Å². The van der Waals surface area contributed by atoms with E-state index in [0.717, 1.165) is 30.6 Å². The zero-order chi connectivity index (χ0) is 13.0. The van der Waals surface area contributed by atoms with Gasteiger partial charge in [-0.15, -0.1) is 12.6 Å². The number of hydrogen-bond donors (Lipinski definition) is 3. The first-order valence-electron chi connectivity index (χ1n) is 6.40. The highest BCUT2D eigenvalue weighted by atomic mass is 32.1. The van der Waals surface area contributed by atoms with Gasteiger partial charge in [-0.3, -0.25) is 4.79 Å². The number of carbonyl (C=O) groups is 1. The lowest BCUT2D eigenvalue weighted by Gasteiger charge is -2.25. The minimum Gasteiger partial charge on any atom is -0.393 e. The van der Waals surface area contributed by atoms with Gasteiger partial charge in [-0.2, -0.15) is 0 Å². The summed E-state index contributed by atoms with van der Waals surface area (Å²) >= 11 is 4.19. The summed E-state index contributed by atoms with van der Waals surface area (Å²) in [6.45, 7) is 0.651. The number of carbonyl (C=O) groups excluding carboxylic acids is 1. The highest BCUT2D eigenvalue weighted by Crippen LogP contribution is 2.23. The maximum Gasteiger partial charge on any atom is 0.251 e. The monoisotopic (exact) mass is 265 g/mol. The second-order valence-electron chi connectivity index (χ2n) is 4.94. The average Bonchev–Trinajstić information content (AvgIpc) is 2.37. The summed E-state index contributed by atoms with van der Waals surface area (Å²) in [6, 6.07) is 7.16. The van der Waals surface area contributed by atoms with Crippen LogP contribution in [-0.2, 0) is 0 Å². The number of benzene rings is 1. The lowest BCUT2D eigenvalue weighted by atomic mass is 9.87. The molecule has 2 rings (SSSR count). The van der Waals surface area contributed by atoms with Gasteiger partial charge in [0.05, 0.1) is 6.10 Å². The summed E-state index contributed by atoms with van der Waals surface area (Å²) in [4.78, 5) is 12.7. The molecule has 4 heteroatoms. The van der Waals surface area contributed by atoms with Gasteiger partial charge in [0.15, 0.2) is 0 Å². The molecule has 2 unspecified atom stereocenters. The summed E-state index contributed by atoms with van der Waals surface area (Å²) in [5.74, 6) is 0.352. The van der Waals surface area contributed by atoms with Gasteiger partial charge in [0.2, 0.25) is 0 Å². The normalized spacial score (nSPS) is 23.7. The maximum absolute atomic E-state index is 11.9. The summed E-state index contributed by atoms with van der Waals surface area (Å²) < 4.78 is 0. The topological polar surface area (TPSA) is 49.3 Å². The van der Waals surface area contributed by atoms with Gasteiger partial charge >= 0.3 is 0 Å². The third-order valence-electron chi connectivity index (χ3n) is 3.44. The van der Waals surface area contributed by atoms with Gasteiger partial charge < -0.3 is 10.4 Å². The van der Waals surface area contributed by atoms with Crippen LogP contribution in [0.1, 0.15) is 36.0 Å². The molecule has 1 amide bonds. The molecule has 0 heterocycles. The molecule has 0 spiro atoms. The molecule has 3 nitrogen and oxygen atoms in total. The Morgan fingerprint density at radius 3 is 2.72 bits per heavy atom. The first kappa shape index (κ1) is 13.4. The van der Waals surface area contributed by atoms with Crippen molar-refractivity contribution in [2.75, 3.05) is 6.54 Å². The Morgan fingerprint density at radius 1 is 1.33 bits per heavy atom. The molecule has 1 aliphatic carbocycles. The SMILES string of the molecule is O=C(NCC1CCCC(O)C1)c1ccc(S)cc1. The van der Waals surface area contributed by atoms with Gasteiger partial charge in [0, 0.05) is 17.0 Å². The molecule has 0 radical (unpaired) electrons. The van der Waals surface area contributed by atoms with Gasteiger partial charge in [-0.1, -0.05) is 6.42 Å². The Hall–Kier alpha value is -1.00. The summed E-state index contributed by atoms with van der Waals surface area (Å²) in [5, 5.41) is 12.5. The average molecular weight is 265 g/mol. The van der Waals surface area contributed by atoms with Crippen LogP contribution in [-0.4, -0.2) is 23.7 Å². The Labute approximate surface area is 113 Å². The quantitative estimate of drug-likeness (QED) is 0.734. The molecule has 1 saturated carbocycles. The van der Waals surface area contributed by atoms with E-state index in [1.807, 2.05) is 12.1 Å². The maximum atomic E-state index is 11.9. The molecule has 0 saturated heterocycles. The largest absolute Gasteiger partial charge is 0.393 e. The highest BCUT2D eigenvalue weighted by Gasteiger charge is 2.20. The van der Waals surface area contributed by atoms with Gasteiger partial charge in [-0.05, 0) is 49.4 Å². The second-order valence-corrected chi connectivity index (χ2v) is 5.46. The van der Waals surface area contributed by atoms with Crippen LogP contribution in [0.3, 0.4) is 0 Å². The standard InChI is InChI=1S/C14H19NO2S/c16-12-3-1-2-10(8-12)9-15-14(17)11-4-6-13(18)7-5-11/h4-7,10,12,16,18H,1-3,8-9H2,(H,15,17). The number of nitrogens with one attached hydrogen (secondary N) is 1. The van der Waals surface area contributed by atoms with Crippen molar-refractivity contribution < 1.29 is 9.90 Å². The summed E-state index contributed by atoms with van der Waals surface area (Å²) in [6.07, 6.45) is 3.65. The Morgan fingerprint density at radius 2 is 2.06 bits per heavy atom. The van der Waals surface area contributed by atoms with Crippen molar-refractivity contribution in [2.45, 2.75) is 36.7 Å². The second kappa shape index (κ2) is 6.25. The third-order valence-corrected chi connectivity index (χ3v) is 3.73. The molecule has 18 heavy (non-hydrogen) atoms. The number of hydrogen-bond acceptors (Lipinski definition) is 3. The smallest absolute Gasteiger partial charge is 0.251 e. The molecule has 0 aliphatic heterocycles. The van der Waals surface area contributed by atoms with E-state index in [9.17, 15) is 9.90 Å². The Balaban J connectivity index is 1.82. The lowest BCUT2D eigenvalue weighted by Crippen LogP contribution is -2.32. The van der Waals surface area contributed by atoms with E-state index >= 15 is 0 Å². The molecular formula is C14H19NO2S. The van der Waals surface area contributed by atoms with E-state index in [0.29, 0.717) is 18.0 Å². The van der Waals surface area contributed by atoms with Crippen molar-refractivity contribution in [3.05, 3.63) is 29.8 Å². The predicted molar refractivity (Wildman–Crippen MR) is 74.0 cm³/mol. The van der Waals surface area contributed by atoms with Crippen LogP contribution in [0.4, 0.5) is 0 Å². The molecule has 0 aromatic heterocycles. The first-order valence-corrected chi connectivity index (χ1v) is 6.85. The molecular weight excluding hydrogens is 246 g/mol. The van der Waals surface area contributed by atoms with E-state index in [-0.39, 0.29) is 12.0 Å². The molecule has 98 valence electrons. The summed E-state index contributed by atoms with van der Waals surface area (Å²) in [5.41, 5.74) is 0.657. The van der Waals surface area contributed by atoms with Crippen LogP contribution in [0.25, 0.3) is 0 Å². The number of aliphatic hydroxyl groups is 1. The molecule has 0 bridgehead atoms. The van der Waals surface area contributed by atoms with Crippen LogP contribution < -0.4 is 5.32 Å². The number of amides is 1. The van der Waals surface area contributed by atoms with Gasteiger partial charge in [0.25, 0.3) is 5.91 Å². The van der Waals surface area contributed by atoms with E-state index in [2.05, 4.69) is 17.9 Å². The molecule has 1 fully saturated rings. The fourth-order valence-electron chi connectivity index (χ4n) is 2.40. The number of thiol groups is 1. The van der Waals surface area contributed by atoms with Crippen molar-refractivity contribution >= 4 is 18.5 Å². The minimum absolute atomic E-state index is 0.0524. The number of aliphatic hydroxyl groups excluding tert-OH is 1. The van der Waals surface area contributed by atoms with Crippen LogP contribution in [0.5, 0.6) is 0 Å². The van der Waals surface area contributed by atoms with Crippen LogP contribution in [0, 0.1) is 5.92 Å². The number of rotatable bonds is 3. The van der Waals surface area contributed by atoms with E-state index in [1.165, 1.54) is 0 Å². The van der Waals surface area contributed by atoms with Crippen molar-refractivity contribution in [1.82, 2.24) is 5.32 Å².